The van der Waals surface area contributed by atoms with Gasteiger partial charge in [0.05, 0.1) is 5.41 Å². The molecule has 0 aromatic carbocycles. The molecule has 1 aliphatic heterocycles. The summed E-state index contributed by atoms with van der Waals surface area (Å²) in [4.78, 5) is 25.4. The van der Waals surface area contributed by atoms with Crippen molar-refractivity contribution in [1.29, 1.82) is 0 Å². The number of carbonyl (C=O) groups is 2. The average molecular weight is 198 g/mol. The molecule has 2 rings (SSSR count). The minimum atomic E-state index is -0.914. The van der Waals surface area contributed by atoms with Gasteiger partial charge in [0, 0.05) is 27.2 Å². The molecule has 5 heteroatoms. The molecule has 1 saturated carbocycles. The highest BCUT2D eigenvalue weighted by molar-refractivity contribution is 5.87. The van der Waals surface area contributed by atoms with Gasteiger partial charge >= 0.3 is 6.09 Å². The molecular weight excluding hydrogens is 184 g/mol. The molecule has 0 radical (unpaired) electrons. The Labute approximate surface area is 82.3 Å². The number of carboxylic acid groups (broad SMARTS) is 1. The van der Waals surface area contributed by atoms with Crippen LogP contribution in [0.5, 0.6) is 0 Å². The van der Waals surface area contributed by atoms with E-state index >= 15 is 0 Å². The number of likely N-dealkylation sites (tertiary alicyclic amines) is 1. The first kappa shape index (κ1) is 9.30. The molecular formula is C9H14N2O3. The van der Waals surface area contributed by atoms with Crippen molar-refractivity contribution in [3.63, 3.8) is 0 Å². The van der Waals surface area contributed by atoms with Gasteiger partial charge in [-0.05, 0) is 12.3 Å². The van der Waals surface area contributed by atoms with Crippen molar-refractivity contribution in [3.05, 3.63) is 0 Å². The van der Waals surface area contributed by atoms with Crippen molar-refractivity contribution in [2.24, 2.45) is 11.3 Å². The summed E-state index contributed by atoms with van der Waals surface area (Å²) in [5.74, 6) is 0.333. The molecule has 2 amide bonds. The van der Waals surface area contributed by atoms with E-state index in [2.05, 4.69) is 0 Å². The Bertz CT molecular complexity index is 302. The monoisotopic (exact) mass is 198 g/mol. The maximum atomic E-state index is 11.8. The predicted molar refractivity (Wildman–Crippen MR) is 48.8 cm³/mol. The number of hydrogen-bond donors (Lipinski definition) is 1. The lowest BCUT2D eigenvalue weighted by molar-refractivity contribution is -0.134. The second-order valence-corrected chi connectivity index (χ2v) is 4.42. The molecule has 0 aromatic heterocycles. The van der Waals surface area contributed by atoms with Gasteiger partial charge in [0.2, 0.25) is 5.91 Å². The van der Waals surface area contributed by atoms with E-state index in [1.54, 1.807) is 19.0 Å². The van der Waals surface area contributed by atoms with Crippen LogP contribution in [0.3, 0.4) is 0 Å². The Hall–Kier alpha value is -1.26. The summed E-state index contributed by atoms with van der Waals surface area (Å²) in [6.07, 6.45) is -0.0588. The van der Waals surface area contributed by atoms with Crippen LogP contribution < -0.4 is 0 Å². The standard InChI is InChI=1S/C9H14N2O3/c1-10(2)7(12)9-3-6(9)4-11(5-9)8(13)14/h6H,3-5H2,1-2H3,(H,13,14). The fourth-order valence-electron chi connectivity index (χ4n) is 2.41. The third-order valence-electron chi connectivity index (χ3n) is 3.25. The van der Waals surface area contributed by atoms with Crippen LogP contribution in [0.4, 0.5) is 4.79 Å². The fourth-order valence-corrected chi connectivity index (χ4v) is 2.41. The quantitative estimate of drug-likeness (QED) is 0.648. The number of amides is 2. The Morgan fingerprint density at radius 2 is 2.14 bits per heavy atom. The van der Waals surface area contributed by atoms with Crippen LogP contribution in [0, 0.1) is 11.3 Å². The number of fused-ring (bicyclic) bond motifs is 1. The van der Waals surface area contributed by atoms with E-state index in [9.17, 15) is 9.59 Å². The summed E-state index contributed by atoms with van der Waals surface area (Å²) in [5.41, 5.74) is -0.373. The van der Waals surface area contributed by atoms with Gasteiger partial charge in [-0.2, -0.15) is 0 Å². The van der Waals surface area contributed by atoms with E-state index in [1.807, 2.05) is 0 Å². The number of hydrogen-bond acceptors (Lipinski definition) is 2. The van der Waals surface area contributed by atoms with Crippen molar-refractivity contribution in [3.8, 4) is 0 Å². The van der Waals surface area contributed by atoms with E-state index in [0.717, 1.165) is 6.42 Å². The van der Waals surface area contributed by atoms with Gasteiger partial charge in [0.25, 0.3) is 0 Å². The zero-order chi connectivity index (χ0) is 10.5. The zero-order valence-corrected chi connectivity index (χ0v) is 8.36. The summed E-state index contributed by atoms with van der Waals surface area (Å²) < 4.78 is 0. The van der Waals surface area contributed by atoms with E-state index in [-0.39, 0.29) is 17.2 Å². The summed E-state index contributed by atoms with van der Waals surface area (Å²) in [6.45, 7) is 0.902. The first-order valence-corrected chi connectivity index (χ1v) is 4.67. The predicted octanol–water partition coefficient (Wildman–Crippen LogP) is 0.0745. The molecule has 2 aliphatic rings. The largest absolute Gasteiger partial charge is 0.465 e. The van der Waals surface area contributed by atoms with E-state index in [0.29, 0.717) is 13.1 Å². The molecule has 0 aromatic rings. The van der Waals surface area contributed by atoms with Gasteiger partial charge in [-0.15, -0.1) is 0 Å². The van der Waals surface area contributed by atoms with E-state index in [4.69, 9.17) is 5.11 Å². The van der Waals surface area contributed by atoms with Crippen LogP contribution >= 0.6 is 0 Å². The minimum Gasteiger partial charge on any atom is -0.465 e. The summed E-state index contributed by atoms with van der Waals surface area (Å²) >= 11 is 0. The lowest BCUT2D eigenvalue weighted by Crippen LogP contribution is -2.37. The maximum Gasteiger partial charge on any atom is 0.407 e. The van der Waals surface area contributed by atoms with Crippen LogP contribution in [-0.4, -0.2) is 54.1 Å². The van der Waals surface area contributed by atoms with Crippen LogP contribution in [0.25, 0.3) is 0 Å². The highest BCUT2D eigenvalue weighted by Gasteiger charge is 2.66. The van der Waals surface area contributed by atoms with E-state index in [1.165, 1.54) is 4.90 Å². The first-order valence-electron chi connectivity index (χ1n) is 4.67. The summed E-state index contributed by atoms with van der Waals surface area (Å²) in [7, 11) is 3.44. The lowest BCUT2D eigenvalue weighted by atomic mass is 10.1. The Morgan fingerprint density at radius 3 is 2.57 bits per heavy atom. The van der Waals surface area contributed by atoms with Crippen LogP contribution in [0.2, 0.25) is 0 Å². The second-order valence-electron chi connectivity index (χ2n) is 4.42. The van der Waals surface area contributed by atoms with Crippen molar-refractivity contribution in [2.75, 3.05) is 27.2 Å². The second kappa shape index (κ2) is 2.62. The highest BCUT2D eigenvalue weighted by atomic mass is 16.4. The van der Waals surface area contributed by atoms with Gasteiger partial charge in [0.15, 0.2) is 0 Å². The fraction of sp³-hybridized carbons (Fsp3) is 0.778. The Balaban J connectivity index is 2.09. The molecule has 14 heavy (non-hydrogen) atoms. The average Bonchev–Trinajstić information content (AvgIpc) is 2.68. The highest BCUT2D eigenvalue weighted by Crippen LogP contribution is 2.58. The summed E-state index contributed by atoms with van der Waals surface area (Å²) in [6, 6.07) is 0. The smallest absolute Gasteiger partial charge is 0.407 e. The minimum absolute atomic E-state index is 0.0752. The van der Waals surface area contributed by atoms with Gasteiger partial charge < -0.3 is 14.9 Å². The zero-order valence-electron chi connectivity index (χ0n) is 8.36. The van der Waals surface area contributed by atoms with Gasteiger partial charge in [-0.3, -0.25) is 4.79 Å². The van der Waals surface area contributed by atoms with Crippen molar-refractivity contribution in [1.82, 2.24) is 9.80 Å². The molecule has 0 spiro atoms. The molecule has 1 N–H and O–H groups in total. The number of nitrogens with zero attached hydrogens (tertiary/aromatic N) is 2. The molecule has 5 nitrogen and oxygen atoms in total. The van der Waals surface area contributed by atoms with Crippen molar-refractivity contribution in [2.45, 2.75) is 6.42 Å². The Kier molecular flexibility index (Phi) is 1.74. The normalized spacial score (nSPS) is 33.9. The molecule has 2 atom stereocenters. The molecule has 1 saturated heterocycles. The third kappa shape index (κ3) is 1.08. The van der Waals surface area contributed by atoms with E-state index < -0.39 is 6.09 Å². The summed E-state index contributed by atoms with van der Waals surface area (Å²) in [5, 5.41) is 8.79. The SMILES string of the molecule is CN(C)C(=O)C12CC1CN(C(=O)O)C2. The molecule has 1 heterocycles. The lowest BCUT2D eigenvalue weighted by Gasteiger charge is -2.20. The molecule has 78 valence electrons. The third-order valence-corrected chi connectivity index (χ3v) is 3.25. The number of carbonyl (C=O) groups excluding carboxylic acids is 1. The van der Waals surface area contributed by atoms with Crippen molar-refractivity contribution >= 4 is 12.0 Å². The molecule has 0 bridgehead atoms. The van der Waals surface area contributed by atoms with Crippen LogP contribution in [-0.2, 0) is 4.79 Å². The first-order chi connectivity index (χ1) is 6.47. The molecule has 2 fully saturated rings. The number of rotatable bonds is 1. The molecule has 2 unspecified atom stereocenters. The van der Waals surface area contributed by atoms with Gasteiger partial charge in [-0.1, -0.05) is 0 Å². The number of piperidine rings is 1. The Morgan fingerprint density at radius 1 is 1.50 bits per heavy atom. The van der Waals surface area contributed by atoms with Crippen LogP contribution in [0.15, 0.2) is 0 Å². The topological polar surface area (TPSA) is 60.9 Å². The molecule has 1 aliphatic carbocycles. The van der Waals surface area contributed by atoms with Crippen LogP contribution in [0.1, 0.15) is 6.42 Å². The maximum absolute atomic E-state index is 11.8. The van der Waals surface area contributed by atoms with Gasteiger partial charge in [-0.25, -0.2) is 4.79 Å². The van der Waals surface area contributed by atoms with Crippen molar-refractivity contribution < 1.29 is 14.7 Å². The van der Waals surface area contributed by atoms with Gasteiger partial charge in [0.1, 0.15) is 0 Å².